The van der Waals surface area contributed by atoms with Crippen LogP contribution in [0.2, 0.25) is 0 Å². The lowest BCUT2D eigenvalue weighted by Gasteiger charge is -2.38. The number of nitrogens with zero attached hydrogens (tertiary/aromatic N) is 1. The number of rotatable bonds is 1. The molecule has 2 unspecified atom stereocenters. The van der Waals surface area contributed by atoms with Crippen LogP contribution in [-0.2, 0) is 4.79 Å². The number of aliphatic hydroxyl groups excluding tert-OH is 1. The molecule has 1 aliphatic heterocycles. The Hall–Kier alpha value is -1.11. The summed E-state index contributed by atoms with van der Waals surface area (Å²) >= 11 is 0. The molecule has 0 radical (unpaired) electrons. The van der Waals surface area contributed by atoms with Gasteiger partial charge in [-0.2, -0.15) is 0 Å². The van der Waals surface area contributed by atoms with Crippen molar-refractivity contribution in [1.29, 1.82) is 0 Å². The number of allylic oxidation sites excluding steroid dienone is 1. The largest absolute Gasteiger partial charge is 0.384 e. The van der Waals surface area contributed by atoms with Crippen molar-refractivity contribution in [1.82, 2.24) is 4.90 Å². The van der Waals surface area contributed by atoms with E-state index in [4.69, 9.17) is 0 Å². The van der Waals surface area contributed by atoms with Gasteiger partial charge in [0.15, 0.2) is 0 Å². The number of alkyl halides is 4. The highest BCUT2D eigenvalue weighted by molar-refractivity contribution is 5.81. The Kier molecular flexibility index (Phi) is 3.54. The minimum Gasteiger partial charge on any atom is -0.384 e. The van der Waals surface area contributed by atoms with Gasteiger partial charge in [0, 0.05) is 18.8 Å². The molecule has 1 saturated heterocycles. The summed E-state index contributed by atoms with van der Waals surface area (Å²) in [5.41, 5.74) is -1.37. The Morgan fingerprint density at radius 3 is 2.32 bits per heavy atom. The zero-order valence-electron chi connectivity index (χ0n) is 12.1. The third-order valence-corrected chi connectivity index (χ3v) is 5.20. The fourth-order valence-electron chi connectivity index (χ4n) is 3.89. The van der Waals surface area contributed by atoms with Gasteiger partial charge in [-0.15, -0.1) is 0 Å². The Labute approximate surface area is 126 Å². The zero-order chi connectivity index (χ0) is 16.2. The van der Waals surface area contributed by atoms with Crippen molar-refractivity contribution in [3.8, 4) is 0 Å². The molecule has 7 heteroatoms. The van der Waals surface area contributed by atoms with E-state index in [0.717, 1.165) is 4.90 Å². The third kappa shape index (κ3) is 2.33. The van der Waals surface area contributed by atoms with Crippen LogP contribution in [0.4, 0.5) is 17.6 Å². The van der Waals surface area contributed by atoms with Crippen molar-refractivity contribution in [2.45, 2.75) is 62.0 Å². The molecule has 2 atom stereocenters. The van der Waals surface area contributed by atoms with E-state index in [2.05, 4.69) is 0 Å². The van der Waals surface area contributed by atoms with Crippen LogP contribution in [0, 0.1) is 5.92 Å². The van der Waals surface area contributed by atoms with Crippen LogP contribution in [0.15, 0.2) is 12.2 Å². The fraction of sp³-hybridized carbons (Fsp3) is 0.800. The number of carbonyl (C=O) groups excluding carboxylic acids is 1. The lowest BCUT2D eigenvalue weighted by Crippen LogP contribution is -2.53. The molecule has 3 rings (SSSR count). The SMILES string of the molecule is O=C(C1CCC(F)(F)CC1)N1CC(F)(F)C(O)C12C=CCC2. The molecule has 0 bridgehead atoms. The maximum Gasteiger partial charge on any atom is 0.293 e. The Balaban J connectivity index is 1.81. The maximum atomic E-state index is 13.9. The smallest absolute Gasteiger partial charge is 0.293 e. The second-order valence-electron chi connectivity index (χ2n) is 6.65. The first kappa shape index (κ1) is 15.8. The Morgan fingerprint density at radius 2 is 1.77 bits per heavy atom. The average Bonchev–Trinajstić information content (AvgIpc) is 2.99. The summed E-state index contributed by atoms with van der Waals surface area (Å²) in [6.07, 6.45) is 1.21. The van der Waals surface area contributed by atoms with E-state index >= 15 is 0 Å². The molecule has 124 valence electrons. The summed E-state index contributed by atoms with van der Waals surface area (Å²) < 4.78 is 54.3. The van der Waals surface area contributed by atoms with Gasteiger partial charge < -0.3 is 10.0 Å². The van der Waals surface area contributed by atoms with Crippen molar-refractivity contribution in [3.05, 3.63) is 12.2 Å². The van der Waals surface area contributed by atoms with Crippen LogP contribution >= 0.6 is 0 Å². The molecule has 1 N–H and O–H groups in total. The molecule has 3 aliphatic rings. The van der Waals surface area contributed by atoms with E-state index in [0.29, 0.717) is 6.42 Å². The third-order valence-electron chi connectivity index (χ3n) is 5.20. The quantitative estimate of drug-likeness (QED) is 0.596. The first-order valence-corrected chi connectivity index (χ1v) is 7.61. The molecule has 2 aliphatic carbocycles. The second-order valence-corrected chi connectivity index (χ2v) is 6.65. The average molecular weight is 321 g/mol. The van der Waals surface area contributed by atoms with Crippen molar-refractivity contribution in [2.75, 3.05) is 6.54 Å². The molecule has 1 amide bonds. The molecule has 3 nitrogen and oxygen atoms in total. The number of hydrogen-bond acceptors (Lipinski definition) is 2. The number of hydrogen-bond donors (Lipinski definition) is 1. The van der Waals surface area contributed by atoms with Gasteiger partial charge >= 0.3 is 0 Å². The summed E-state index contributed by atoms with van der Waals surface area (Å²) in [5, 5.41) is 9.99. The molecule has 0 aromatic rings. The summed E-state index contributed by atoms with van der Waals surface area (Å²) in [6.45, 7) is -0.843. The van der Waals surface area contributed by atoms with Gasteiger partial charge in [0.25, 0.3) is 5.92 Å². The lowest BCUT2D eigenvalue weighted by atomic mass is 9.84. The number of likely N-dealkylation sites (tertiary alicyclic amines) is 1. The molecule has 2 fully saturated rings. The van der Waals surface area contributed by atoms with Gasteiger partial charge in [0.2, 0.25) is 11.8 Å². The van der Waals surface area contributed by atoms with Gasteiger partial charge in [-0.3, -0.25) is 4.79 Å². The predicted octanol–water partition coefficient (Wildman–Crippen LogP) is 2.74. The molecule has 1 saturated carbocycles. The normalized spacial score (nSPS) is 37.1. The Morgan fingerprint density at radius 1 is 1.14 bits per heavy atom. The second kappa shape index (κ2) is 4.94. The fourth-order valence-corrected chi connectivity index (χ4v) is 3.89. The van der Waals surface area contributed by atoms with Gasteiger partial charge in [0.05, 0.1) is 12.1 Å². The summed E-state index contributed by atoms with van der Waals surface area (Å²) in [5.74, 6) is -7.33. The van der Waals surface area contributed by atoms with Crippen molar-refractivity contribution < 1.29 is 27.5 Å². The molecular formula is C15H19F4NO2. The van der Waals surface area contributed by atoms with E-state index in [-0.39, 0.29) is 32.1 Å². The molecule has 1 spiro atoms. The van der Waals surface area contributed by atoms with E-state index < -0.39 is 41.9 Å². The monoisotopic (exact) mass is 321 g/mol. The van der Waals surface area contributed by atoms with Gasteiger partial charge in [-0.1, -0.05) is 12.2 Å². The van der Waals surface area contributed by atoms with Crippen molar-refractivity contribution in [2.24, 2.45) is 5.92 Å². The van der Waals surface area contributed by atoms with Crippen LogP contribution in [0.5, 0.6) is 0 Å². The lowest BCUT2D eigenvalue weighted by molar-refractivity contribution is -0.144. The summed E-state index contributed by atoms with van der Waals surface area (Å²) in [4.78, 5) is 13.6. The minimum absolute atomic E-state index is 0.00376. The highest BCUT2D eigenvalue weighted by atomic mass is 19.3. The van der Waals surface area contributed by atoms with Gasteiger partial charge in [-0.25, -0.2) is 17.6 Å². The first-order valence-electron chi connectivity index (χ1n) is 7.61. The highest BCUT2D eigenvalue weighted by Crippen LogP contribution is 2.47. The highest BCUT2D eigenvalue weighted by Gasteiger charge is 2.64. The zero-order valence-corrected chi connectivity index (χ0v) is 12.1. The Bertz CT molecular complexity index is 498. The predicted molar refractivity (Wildman–Crippen MR) is 70.7 cm³/mol. The molecule has 22 heavy (non-hydrogen) atoms. The summed E-state index contributed by atoms with van der Waals surface area (Å²) in [7, 11) is 0. The maximum absolute atomic E-state index is 13.9. The molecule has 1 heterocycles. The van der Waals surface area contributed by atoms with E-state index in [9.17, 15) is 27.5 Å². The first-order chi connectivity index (χ1) is 10.2. The molecule has 0 aromatic carbocycles. The van der Waals surface area contributed by atoms with Crippen LogP contribution < -0.4 is 0 Å². The number of aliphatic hydroxyl groups is 1. The number of carbonyl (C=O) groups is 1. The standard InChI is InChI=1S/C15H19F4NO2/c16-14(17)7-3-10(4-8-14)11(21)20-9-15(18,19)12(22)13(20)5-1-2-6-13/h1,5,10,12,22H,2-4,6-9H2. The molecule has 0 aromatic heterocycles. The minimum atomic E-state index is -3.37. The van der Waals surface area contributed by atoms with Gasteiger partial charge in [0.1, 0.15) is 6.10 Å². The van der Waals surface area contributed by atoms with Crippen LogP contribution in [0.3, 0.4) is 0 Å². The van der Waals surface area contributed by atoms with Crippen molar-refractivity contribution in [3.63, 3.8) is 0 Å². The van der Waals surface area contributed by atoms with Crippen LogP contribution in [0.25, 0.3) is 0 Å². The van der Waals surface area contributed by atoms with Crippen molar-refractivity contribution >= 4 is 5.91 Å². The topological polar surface area (TPSA) is 40.5 Å². The van der Waals surface area contributed by atoms with E-state index in [1.807, 2.05) is 0 Å². The number of halogens is 4. The summed E-state index contributed by atoms with van der Waals surface area (Å²) in [6, 6.07) is 0. The van der Waals surface area contributed by atoms with Gasteiger partial charge in [-0.05, 0) is 25.7 Å². The number of amides is 1. The van der Waals surface area contributed by atoms with E-state index in [1.54, 1.807) is 6.08 Å². The van der Waals surface area contributed by atoms with Crippen LogP contribution in [-0.4, -0.2) is 45.9 Å². The van der Waals surface area contributed by atoms with E-state index in [1.165, 1.54) is 6.08 Å². The van der Waals surface area contributed by atoms with Crippen LogP contribution in [0.1, 0.15) is 38.5 Å². The molecular weight excluding hydrogens is 302 g/mol.